The van der Waals surface area contributed by atoms with Gasteiger partial charge < -0.3 is 5.32 Å². The molecule has 1 atom stereocenters. The van der Waals surface area contributed by atoms with Crippen LogP contribution < -0.4 is 5.32 Å². The van der Waals surface area contributed by atoms with Crippen LogP contribution in [0.25, 0.3) is 0 Å². The van der Waals surface area contributed by atoms with Gasteiger partial charge in [-0.2, -0.15) is 5.10 Å². The molecule has 0 amide bonds. The Kier molecular flexibility index (Phi) is 6.00. The molecule has 2 rings (SSSR count). The minimum Gasteiger partial charge on any atom is -0.305 e. The number of hydrogen-bond acceptors (Lipinski definition) is 2. The summed E-state index contributed by atoms with van der Waals surface area (Å²) in [5.41, 5.74) is 3.77. The van der Waals surface area contributed by atoms with E-state index in [-0.39, 0.29) is 6.04 Å². The van der Waals surface area contributed by atoms with Crippen LogP contribution in [-0.2, 0) is 6.54 Å². The molecule has 0 aliphatic rings. The molecule has 1 unspecified atom stereocenters. The lowest BCUT2D eigenvalue weighted by Gasteiger charge is -2.22. The van der Waals surface area contributed by atoms with Gasteiger partial charge in [-0.3, -0.25) is 4.68 Å². The van der Waals surface area contributed by atoms with Gasteiger partial charge in [-0.15, -0.1) is 0 Å². The summed E-state index contributed by atoms with van der Waals surface area (Å²) in [5, 5.41) is 8.14. The zero-order chi connectivity index (χ0) is 15.2. The molecular formula is C17H24BrN3. The highest BCUT2D eigenvalue weighted by molar-refractivity contribution is 9.10. The molecule has 3 nitrogen and oxygen atoms in total. The molecule has 0 saturated carbocycles. The molecule has 1 aromatic carbocycles. The molecule has 1 aromatic heterocycles. The van der Waals surface area contributed by atoms with Crippen LogP contribution in [0.3, 0.4) is 0 Å². The average Bonchev–Trinajstić information content (AvgIpc) is 2.92. The van der Waals surface area contributed by atoms with Crippen molar-refractivity contribution in [3.8, 4) is 0 Å². The summed E-state index contributed by atoms with van der Waals surface area (Å²) in [6, 6.07) is 8.74. The highest BCUT2D eigenvalue weighted by atomic mass is 79.9. The quantitative estimate of drug-likeness (QED) is 0.799. The minimum absolute atomic E-state index is 0.174. The summed E-state index contributed by atoms with van der Waals surface area (Å²) in [7, 11) is 0. The van der Waals surface area contributed by atoms with Crippen LogP contribution in [0.2, 0.25) is 0 Å². The van der Waals surface area contributed by atoms with Gasteiger partial charge >= 0.3 is 0 Å². The van der Waals surface area contributed by atoms with E-state index in [0.717, 1.165) is 25.9 Å². The van der Waals surface area contributed by atoms with Crippen LogP contribution in [-0.4, -0.2) is 16.3 Å². The van der Waals surface area contributed by atoms with Crippen molar-refractivity contribution in [2.24, 2.45) is 0 Å². The van der Waals surface area contributed by atoms with Gasteiger partial charge in [-0.25, -0.2) is 0 Å². The highest BCUT2D eigenvalue weighted by Gasteiger charge is 2.20. The van der Waals surface area contributed by atoms with Crippen molar-refractivity contribution >= 4 is 15.9 Å². The van der Waals surface area contributed by atoms with E-state index in [1.165, 1.54) is 21.3 Å². The summed E-state index contributed by atoms with van der Waals surface area (Å²) >= 11 is 3.75. The van der Waals surface area contributed by atoms with E-state index in [1.54, 1.807) is 0 Å². The molecule has 0 bridgehead atoms. The van der Waals surface area contributed by atoms with Crippen molar-refractivity contribution in [2.45, 2.75) is 46.2 Å². The number of benzene rings is 1. The summed E-state index contributed by atoms with van der Waals surface area (Å²) in [6.45, 7) is 8.45. The Balaban J connectivity index is 2.42. The van der Waals surface area contributed by atoms with Gasteiger partial charge in [0.1, 0.15) is 0 Å². The Bertz CT molecular complexity index is 577. The fraction of sp³-hybridized carbons (Fsp3) is 0.471. The number of aromatic nitrogens is 2. The van der Waals surface area contributed by atoms with Crippen molar-refractivity contribution in [2.75, 3.05) is 6.54 Å². The van der Waals surface area contributed by atoms with Crippen LogP contribution in [0.4, 0.5) is 0 Å². The van der Waals surface area contributed by atoms with Crippen molar-refractivity contribution < 1.29 is 0 Å². The maximum atomic E-state index is 4.47. The Morgan fingerprint density at radius 2 is 2.05 bits per heavy atom. The molecule has 114 valence electrons. The number of nitrogens with zero attached hydrogens (tertiary/aromatic N) is 2. The Hall–Kier alpha value is -1.13. The Morgan fingerprint density at radius 3 is 2.76 bits per heavy atom. The maximum absolute atomic E-state index is 4.47. The zero-order valence-electron chi connectivity index (χ0n) is 13.1. The van der Waals surface area contributed by atoms with Gasteiger partial charge in [0.2, 0.25) is 0 Å². The number of nitrogens with one attached hydrogen (secondary N) is 1. The molecule has 0 aliphatic carbocycles. The van der Waals surface area contributed by atoms with Gasteiger partial charge in [0.15, 0.2) is 0 Å². The molecule has 1 N–H and O–H groups in total. The van der Waals surface area contributed by atoms with Crippen molar-refractivity contribution in [3.05, 3.63) is 51.8 Å². The number of rotatable bonds is 7. The molecule has 0 fully saturated rings. The zero-order valence-corrected chi connectivity index (χ0v) is 14.7. The molecule has 0 radical (unpaired) electrons. The smallest absolute Gasteiger partial charge is 0.0759 e. The van der Waals surface area contributed by atoms with Crippen LogP contribution in [0.15, 0.2) is 34.9 Å². The summed E-state index contributed by atoms with van der Waals surface area (Å²) in [6.07, 6.45) is 4.10. The van der Waals surface area contributed by atoms with Crippen LogP contribution in [0, 0.1) is 6.92 Å². The van der Waals surface area contributed by atoms with Gasteiger partial charge in [0.25, 0.3) is 0 Å². The van der Waals surface area contributed by atoms with Gasteiger partial charge in [0.05, 0.1) is 11.7 Å². The summed E-state index contributed by atoms with van der Waals surface area (Å²) in [4.78, 5) is 0. The van der Waals surface area contributed by atoms with Gasteiger partial charge in [-0.1, -0.05) is 48.0 Å². The number of hydrogen-bond donors (Lipinski definition) is 1. The molecule has 0 saturated heterocycles. The molecule has 0 spiro atoms. The number of halogens is 1. The average molecular weight is 350 g/mol. The first-order valence-corrected chi connectivity index (χ1v) is 8.48. The fourth-order valence-electron chi connectivity index (χ4n) is 2.54. The van der Waals surface area contributed by atoms with E-state index < -0.39 is 0 Å². The molecule has 4 heteroatoms. The van der Waals surface area contributed by atoms with Crippen molar-refractivity contribution in [3.63, 3.8) is 0 Å². The fourth-order valence-corrected chi connectivity index (χ4v) is 3.04. The third-order valence-corrected chi connectivity index (χ3v) is 4.69. The van der Waals surface area contributed by atoms with Crippen molar-refractivity contribution in [1.29, 1.82) is 0 Å². The standard InChI is InChI=1S/C17H24BrN3/c1-4-10-19-17(14-8-6-7-13(3)16(14)18)15-9-11-20-21(15)12-5-2/h6-9,11,17,19H,4-5,10,12H2,1-3H3. The molecule has 21 heavy (non-hydrogen) atoms. The lowest BCUT2D eigenvalue weighted by Crippen LogP contribution is -2.26. The van der Waals surface area contributed by atoms with E-state index in [4.69, 9.17) is 0 Å². The van der Waals surface area contributed by atoms with Crippen LogP contribution in [0.1, 0.15) is 49.6 Å². The van der Waals surface area contributed by atoms with E-state index >= 15 is 0 Å². The first-order valence-electron chi connectivity index (χ1n) is 7.69. The van der Waals surface area contributed by atoms with Crippen molar-refractivity contribution in [1.82, 2.24) is 15.1 Å². The second-order valence-corrected chi connectivity index (χ2v) is 6.14. The molecular weight excluding hydrogens is 326 g/mol. The van der Waals surface area contributed by atoms with Gasteiger partial charge in [-0.05, 0) is 43.5 Å². The SMILES string of the molecule is CCCNC(c1cccc(C)c1Br)c1ccnn1CCC. The predicted octanol–water partition coefficient (Wildman–Crippen LogP) is 4.45. The van der Waals surface area contributed by atoms with Crippen LogP contribution >= 0.6 is 15.9 Å². The minimum atomic E-state index is 0.174. The second kappa shape index (κ2) is 7.76. The Labute approximate surface area is 135 Å². The van der Waals surface area contributed by atoms with E-state index in [0.29, 0.717) is 0 Å². The lowest BCUT2D eigenvalue weighted by molar-refractivity contribution is 0.510. The normalized spacial score (nSPS) is 12.6. The first kappa shape index (κ1) is 16.2. The monoisotopic (exact) mass is 349 g/mol. The Morgan fingerprint density at radius 1 is 1.24 bits per heavy atom. The van der Waals surface area contributed by atoms with Crippen LogP contribution in [0.5, 0.6) is 0 Å². The largest absolute Gasteiger partial charge is 0.305 e. The first-order chi connectivity index (χ1) is 10.2. The van der Waals surface area contributed by atoms with E-state index in [2.05, 4.69) is 76.1 Å². The molecule has 1 heterocycles. The summed E-state index contributed by atoms with van der Waals surface area (Å²) < 4.78 is 3.30. The second-order valence-electron chi connectivity index (χ2n) is 5.34. The topological polar surface area (TPSA) is 29.9 Å². The van der Waals surface area contributed by atoms with Gasteiger partial charge in [0, 0.05) is 17.2 Å². The maximum Gasteiger partial charge on any atom is 0.0759 e. The van der Waals surface area contributed by atoms with E-state index in [9.17, 15) is 0 Å². The third-order valence-electron chi connectivity index (χ3n) is 3.61. The third kappa shape index (κ3) is 3.74. The lowest BCUT2D eigenvalue weighted by atomic mass is 10.0. The predicted molar refractivity (Wildman–Crippen MR) is 91.5 cm³/mol. The number of aryl methyl sites for hydroxylation is 2. The molecule has 0 aliphatic heterocycles. The highest BCUT2D eigenvalue weighted by Crippen LogP contribution is 2.30. The van der Waals surface area contributed by atoms with E-state index in [1.807, 2.05) is 6.20 Å². The summed E-state index contributed by atoms with van der Waals surface area (Å²) in [5.74, 6) is 0. The molecule has 2 aromatic rings.